The van der Waals surface area contributed by atoms with Gasteiger partial charge in [0.25, 0.3) is 0 Å². The summed E-state index contributed by atoms with van der Waals surface area (Å²) < 4.78 is 5.91. The Balaban J connectivity index is 1.78. The highest BCUT2D eigenvalue weighted by atomic mass is 16.5. The average Bonchev–Trinajstić information content (AvgIpc) is 2.98. The van der Waals surface area contributed by atoms with Gasteiger partial charge in [-0.05, 0) is 38.0 Å². The van der Waals surface area contributed by atoms with Crippen molar-refractivity contribution in [3.05, 3.63) is 0 Å². The molecule has 2 aliphatic rings. The van der Waals surface area contributed by atoms with Gasteiger partial charge in [0.05, 0.1) is 12.7 Å². The van der Waals surface area contributed by atoms with Crippen molar-refractivity contribution in [2.45, 2.75) is 63.6 Å². The van der Waals surface area contributed by atoms with Crippen LogP contribution in [-0.2, 0) is 4.74 Å². The molecular weight excluding hydrogens is 202 g/mol. The molecule has 3 nitrogen and oxygen atoms in total. The van der Waals surface area contributed by atoms with Crippen molar-refractivity contribution < 1.29 is 9.84 Å². The van der Waals surface area contributed by atoms with Crippen LogP contribution in [0.25, 0.3) is 0 Å². The lowest BCUT2D eigenvalue weighted by Crippen LogP contribution is -2.50. The topological polar surface area (TPSA) is 41.5 Å². The van der Waals surface area contributed by atoms with Gasteiger partial charge in [-0.25, -0.2) is 0 Å². The summed E-state index contributed by atoms with van der Waals surface area (Å²) in [5.74, 6) is 0.835. The standard InChI is InChI=1S/C13H25NO2/c1-10(2)14-13(9-15)6-5-12(7-13)16-8-11-3-4-11/h10-12,14-15H,3-9H2,1-2H3. The van der Waals surface area contributed by atoms with Crippen LogP contribution < -0.4 is 5.32 Å². The molecule has 2 N–H and O–H groups in total. The Morgan fingerprint density at radius 3 is 2.69 bits per heavy atom. The van der Waals surface area contributed by atoms with Crippen LogP contribution >= 0.6 is 0 Å². The minimum atomic E-state index is -0.0810. The average molecular weight is 227 g/mol. The summed E-state index contributed by atoms with van der Waals surface area (Å²) in [5.41, 5.74) is -0.0810. The summed E-state index contributed by atoms with van der Waals surface area (Å²) in [6.07, 6.45) is 6.15. The number of rotatable bonds is 6. The second-order valence-corrected chi connectivity index (χ2v) is 5.88. The summed E-state index contributed by atoms with van der Waals surface area (Å²) in [6, 6.07) is 0.425. The molecule has 0 amide bonds. The third-order valence-electron chi connectivity index (χ3n) is 3.73. The molecular formula is C13H25NO2. The van der Waals surface area contributed by atoms with Crippen molar-refractivity contribution in [3.63, 3.8) is 0 Å². The van der Waals surface area contributed by atoms with E-state index in [1.54, 1.807) is 0 Å². The molecule has 0 aromatic carbocycles. The van der Waals surface area contributed by atoms with E-state index < -0.39 is 0 Å². The normalized spacial score (nSPS) is 34.9. The first-order valence-corrected chi connectivity index (χ1v) is 6.64. The Bertz CT molecular complexity index is 228. The number of aliphatic hydroxyl groups is 1. The van der Waals surface area contributed by atoms with Crippen LogP contribution in [0.2, 0.25) is 0 Å². The van der Waals surface area contributed by atoms with Crippen molar-refractivity contribution >= 4 is 0 Å². The quantitative estimate of drug-likeness (QED) is 0.725. The number of aliphatic hydroxyl groups excluding tert-OH is 1. The molecule has 0 radical (unpaired) electrons. The summed E-state index contributed by atoms with van der Waals surface area (Å²) in [5, 5.41) is 13.1. The largest absolute Gasteiger partial charge is 0.394 e. The molecule has 2 aliphatic carbocycles. The molecule has 94 valence electrons. The third-order valence-corrected chi connectivity index (χ3v) is 3.73. The lowest BCUT2D eigenvalue weighted by molar-refractivity contribution is 0.0394. The maximum absolute atomic E-state index is 9.55. The van der Waals surface area contributed by atoms with E-state index >= 15 is 0 Å². The minimum absolute atomic E-state index is 0.0810. The highest BCUT2D eigenvalue weighted by Crippen LogP contribution is 2.35. The number of nitrogens with one attached hydrogen (secondary N) is 1. The molecule has 2 saturated carbocycles. The van der Waals surface area contributed by atoms with E-state index in [1.807, 2.05) is 0 Å². The molecule has 0 spiro atoms. The fraction of sp³-hybridized carbons (Fsp3) is 1.00. The SMILES string of the molecule is CC(C)NC1(CO)CCC(OCC2CC2)C1. The second kappa shape index (κ2) is 5.03. The molecule has 2 fully saturated rings. The van der Waals surface area contributed by atoms with Gasteiger partial charge in [-0.1, -0.05) is 13.8 Å². The van der Waals surface area contributed by atoms with Gasteiger partial charge in [-0.3, -0.25) is 0 Å². The predicted octanol–water partition coefficient (Wildman–Crippen LogP) is 1.69. The zero-order valence-corrected chi connectivity index (χ0v) is 10.5. The first-order valence-electron chi connectivity index (χ1n) is 6.64. The van der Waals surface area contributed by atoms with Gasteiger partial charge in [0.1, 0.15) is 0 Å². The number of hydrogen-bond donors (Lipinski definition) is 2. The number of ether oxygens (including phenoxy) is 1. The first kappa shape index (κ1) is 12.3. The second-order valence-electron chi connectivity index (χ2n) is 5.88. The summed E-state index contributed by atoms with van der Waals surface area (Å²) in [4.78, 5) is 0. The highest BCUT2D eigenvalue weighted by molar-refractivity contribution is 4.97. The number of hydrogen-bond acceptors (Lipinski definition) is 3. The maximum atomic E-state index is 9.55. The fourth-order valence-electron chi connectivity index (χ4n) is 2.71. The highest BCUT2D eigenvalue weighted by Gasteiger charge is 2.39. The van der Waals surface area contributed by atoms with Crippen molar-refractivity contribution in [1.82, 2.24) is 5.32 Å². The van der Waals surface area contributed by atoms with Crippen LogP contribution in [0.5, 0.6) is 0 Å². The van der Waals surface area contributed by atoms with Crippen LogP contribution in [0.1, 0.15) is 46.0 Å². The molecule has 0 saturated heterocycles. The molecule has 0 heterocycles. The van der Waals surface area contributed by atoms with Gasteiger partial charge in [-0.15, -0.1) is 0 Å². The zero-order valence-electron chi connectivity index (χ0n) is 10.5. The van der Waals surface area contributed by atoms with Gasteiger partial charge in [0.2, 0.25) is 0 Å². The maximum Gasteiger partial charge on any atom is 0.0614 e. The Morgan fingerprint density at radius 1 is 1.38 bits per heavy atom. The molecule has 0 bridgehead atoms. The van der Waals surface area contributed by atoms with Crippen LogP contribution in [0.15, 0.2) is 0 Å². The van der Waals surface area contributed by atoms with E-state index in [2.05, 4.69) is 19.2 Å². The van der Waals surface area contributed by atoms with Crippen molar-refractivity contribution in [3.8, 4) is 0 Å². The van der Waals surface area contributed by atoms with Gasteiger partial charge >= 0.3 is 0 Å². The molecule has 2 rings (SSSR count). The Labute approximate surface area is 98.6 Å². The molecule has 0 aromatic heterocycles. The van der Waals surface area contributed by atoms with Gasteiger partial charge in [0.15, 0.2) is 0 Å². The fourth-order valence-corrected chi connectivity index (χ4v) is 2.71. The summed E-state index contributed by atoms with van der Waals surface area (Å²) in [6.45, 7) is 5.44. The Hall–Kier alpha value is -0.120. The van der Waals surface area contributed by atoms with Gasteiger partial charge < -0.3 is 15.2 Å². The molecule has 0 aliphatic heterocycles. The van der Waals surface area contributed by atoms with Crippen LogP contribution in [0, 0.1) is 5.92 Å². The van der Waals surface area contributed by atoms with E-state index in [0.717, 1.165) is 31.8 Å². The summed E-state index contributed by atoms with van der Waals surface area (Å²) in [7, 11) is 0. The monoisotopic (exact) mass is 227 g/mol. The van der Waals surface area contributed by atoms with Gasteiger partial charge in [0, 0.05) is 18.2 Å². The molecule has 3 heteroatoms. The van der Waals surface area contributed by atoms with E-state index in [9.17, 15) is 5.11 Å². The van der Waals surface area contributed by atoms with Crippen molar-refractivity contribution in [1.29, 1.82) is 0 Å². The van der Waals surface area contributed by atoms with E-state index in [1.165, 1.54) is 12.8 Å². The molecule has 16 heavy (non-hydrogen) atoms. The van der Waals surface area contributed by atoms with Crippen LogP contribution in [0.3, 0.4) is 0 Å². The Kier molecular flexibility index (Phi) is 3.88. The smallest absolute Gasteiger partial charge is 0.0614 e. The molecule has 2 unspecified atom stereocenters. The van der Waals surface area contributed by atoms with Gasteiger partial charge in [-0.2, -0.15) is 0 Å². The predicted molar refractivity (Wildman–Crippen MR) is 64.4 cm³/mol. The van der Waals surface area contributed by atoms with Crippen molar-refractivity contribution in [2.24, 2.45) is 5.92 Å². The minimum Gasteiger partial charge on any atom is -0.394 e. The van der Waals surface area contributed by atoms with E-state index in [-0.39, 0.29) is 12.1 Å². The summed E-state index contributed by atoms with van der Waals surface area (Å²) >= 11 is 0. The van der Waals surface area contributed by atoms with Crippen LogP contribution in [-0.4, -0.2) is 36.0 Å². The van der Waals surface area contributed by atoms with Crippen molar-refractivity contribution in [2.75, 3.05) is 13.2 Å². The lowest BCUT2D eigenvalue weighted by Gasteiger charge is -2.31. The van der Waals surface area contributed by atoms with E-state index in [0.29, 0.717) is 12.1 Å². The molecule has 2 atom stereocenters. The molecule has 0 aromatic rings. The zero-order chi connectivity index (χ0) is 11.6. The lowest BCUT2D eigenvalue weighted by atomic mass is 9.97. The first-order chi connectivity index (χ1) is 7.63. The Morgan fingerprint density at radius 2 is 2.12 bits per heavy atom. The third kappa shape index (κ3) is 3.19. The van der Waals surface area contributed by atoms with E-state index in [4.69, 9.17) is 4.74 Å². The van der Waals surface area contributed by atoms with Crippen LogP contribution in [0.4, 0.5) is 0 Å².